The van der Waals surface area contributed by atoms with Crippen LogP contribution < -0.4 is 29.5 Å². The van der Waals surface area contributed by atoms with Crippen molar-refractivity contribution in [2.45, 2.75) is 46.1 Å². The van der Waals surface area contributed by atoms with E-state index in [1.54, 1.807) is 32.9 Å². The van der Waals surface area contributed by atoms with Crippen molar-refractivity contribution in [2.75, 3.05) is 74.0 Å². The van der Waals surface area contributed by atoms with E-state index in [0.29, 0.717) is 4.90 Å². The summed E-state index contributed by atoms with van der Waals surface area (Å²) in [5.74, 6) is 0.365. The maximum Gasteiger partial charge on any atom is 0.423 e. The number of aromatic nitrogens is 2. The Hall–Kier alpha value is -4.60. The van der Waals surface area contributed by atoms with Gasteiger partial charge < -0.3 is 29.3 Å². The number of nitrogens with one attached hydrogen (secondary N) is 1. The number of nitrogens with zero attached hydrogens (tertiary/aromatic N) is 7. The van der Waals surface area contributed by atoms with Crippen LogP contribution >= 0.6 is 23.2 Å². The quantitative estimate of drug-likeness (QED) is 0.172. The number of benzene rings is 2. The summed E-state index contributed by atoms with van der Waals surface area (Å²) in [5.41, 5.74) is -0.185. The number of halogens is 2. The fourth-order valence-corrected chi connectivity index (χ4v) is 7.06. The van der Waals surface area contributed by atoms with E-state index >= 15 is 0 Å². The van der Waals surface area contributed by atoms with Crippen molar-refractivity contribution in [3.8, 4) is 11.5 Å². The highest BCUT2D eigenvalue weighted by atomic mass is 35.5. The van der Waals surface area contributed by atoms with Crippen molar-refractivity contribution >= 4 is 69.7 Å². The molecule has 274 valence electrons. The zero-order valence-corrected chi connectivity index (χ0v) is 31.2. The Morgan fingerprint density at radius 3 is 2.29 bits per heavy atom. The van der Waals surface area contributed by atoms with Gasteiger partial charge in [-0.2, -0.15) is 4.90 Å². The van der Waals surface area contributed by atoms with Gasteiger partial charge >= 0.3 is 12.1 Å². The van der Waals surface area contributed by atoms with Gasteiger partial charge in [-0.25, -0.2) is 19.6 Å². The number of hydrogen-bond acceptors (Lipinski definition) is 12. The van der Waals surface area contributed by atoms with Crippen molar-refractivity contribution < 1.29 is 28.7 Å². The lowest BCUT2D eigenvalue weighted by Crippen LogP contribution is -2.47. The van der Waals surface area contributed by atoms with E-state index in [9.17, 15) is 19.7 Å². The summed E-state index contributed by atoms with van der Waals surface area (Å²) in [6.45, 7) is 11.9. The first-order valence-corrected chi connectivity index (χ1v) is 17.1. The monoisotopic (exact) mass is 744 g/mol. The Balaban J connectivity index is 1.43. The maximum atomic E-state index is 14.2. The molecule has 17 heteroatoms. The fourth-order valence-electron chi connectivity index (χ4n) is 6.39. The highest BCUT2D eigenvalue weighted by Crippen LogP contribution is 2.47. The number of amides is 3. The molecule has 15 nitrogen and oxygen atoms in total. The molecule has 5 rings (SSSR count). The summed E-state index contributed by atoms with van der Waals surface area (Å²) in [6.07, 6.45) is 2.26. The van der Waals surface area contributed by atoms with Crippen molar-refractivity contribution in [1.29, 1.82) is 0 Å². The van der Waals surface area contributed by atoms with E-state index in [1.807, 2.05) is 6.07 Å². The van der Waals surface area contributed by atoms with E-state index < -0.39 is 22.6 Å². The van der Waals surface area contributed by atoms with E-state index in [4.69, 9.17) is 37.4 Å². The molecule has 2 aliphatic heterocycles. The highest BCUT2D eigenvalue weighted by molar-refractivity contribution is 6.43. The van der Waals surface area contributed by atoms with E-state index in [0.717, 1.165) is 56.2 Å². The van der Waals surface area contributed by atoms with Crippen LogP contribution in [0.4, 0.5) is 44.0 Å². The molecule has 1 unspecified atom stereocenters. The zero-order valence-electron chi connectivity index (χ0n) is 29.7. The average molecular weight is 746 g/mol. The number of methoxy groups -OCH3 is 2. The number of nitro benzene ring substituents is 1. The summed E-state index contributed by atoms with van der Waals surface area (Å²) in [6, 6.07) is 6.94. The number of rotatable bonds is 9. The molecule has 0 bridgehead atoms. The summed E-state index contributed by atoms with van der Waals surface area (Å²) in [7, 11) is 4.08. The van der Waals surface area contributed by atoms with Crippen LogP contribution in [-0.4, -0.2) is 91.5 Å². The third-order valence-corrected chi connectivity index (χ3v) is 9.76. The molecule has 1 N–H and O–H groups in total. The Labute approximate surface area is 306 Å². The third kappa shape index (κ3) is 8.00. The molecule has 3 heterocycles. The van der Waals surface area contributed by atoms with Crippen LogP contribution in [0.2, 0.25) is 10.0 Å². The number of carbonyl (C=O) groups excluding carboxylic acids is 2. The predicted molar refractivity (Wildman–Crippen MR) is 196 cm³/mol. The number of urea groups is 1. The van der Waals surface area contributed by atoms with Crippen LogP contribution in [0.25, 0.3) is 0 Å². The first-order valence-electron chi connectivity index (χ1n) is 16.4. The van der Waals surface area contributed by atoms with Crippen LogP contribution in [0.15, 0.2) is 36.7 Å². The molecule has 0 saturated carbocycles. The number of anilines is 5. The minimum atomic E-state index is -1.08. The van der Waals surface area contributed by atoms with Gasteiger partial charge in [0, 0.05) is 56.0 Å². The standard InChI is InChI=1S/C34H42Cl2N8O7/c1-8-41-13-11-34(18-41)12-14-42(19-34)21-9-10-22(23(15-21)44(47)48)39-26-17-27(38-20-37-26)40(5)31(45)43(32(46)51-33(2,3)4)30-28(35)24(49-6)16-25(50-7)29(30)36/h9-10,15-17,20H,8,11-14,18-19H2,1-7H3,(H,37,38,39). The molecule has 3 aromatic rings. The molecule has 1 atom stereocenters. The third-order valence-electron chi connectivity index (χ3n) is 9.03. The molecule has 2 saturated heterocycles. The molecular formula is C34H42Cl2N8O7. The molecule has 2 fully saturated rings. The predicted octanol–water partition coefficient (Wildman–Crippen LogP) is 7.37. The molecule has 2 aromatic carbocycles. The van der Waals surface area contributed by atoms with Crippen LogP contribution in [-0.2, 0) is 4.74 Å². The first-order chi connectivity index (χ1) is 24.1. The minimum absolute atomic E-state index is 0.0347. The molecule has 0 radical (unpaired) electrons. The largest absolute Gasteiger partial charge is 0.495 e. The fraction of sp³-hybridized carbons (Fsp3) is 0.471. The van der Waals surface area contributed by atoms with Gasteiger partial charge in [-0.05, 0) is 58.8 Å². The highest BCUT2D eigenvalue weighted by Gasteiger charge is 2.43. The first kappa shape index (κ1) is 37.7. The number of imide groups is 1. The Morgan fingerprint density at radius 1 is 1.04 bits per heavy atom. The Morgan fingerprint density at radius 2 is 1.71 bits per heavy atom. The normalized spacial score (nSPS) is 17.4. The molecule has 0 aliphatic carbocycles. The lowest BCUT2D eigenvalue weighted by atomic mass is 9.86. The lowest BCUT2D eigenvalue weighted by Gasteiger charge is -2.30. The van der Waals surface area contributed by atoms with E-state index in [1.165, 1.54) is 39.7 Å². The molecule has 51 heavy (non-hydrogen) atoms. The van der Waals surface area contributed by atoms with Crippen molar-refractivity contribution in [1.82, 2.24) is 14.9 Å². The van der Waals surface area contributed by atoms with Crippen LogP contribution in [0, 0.1) is 15.5 Å². The maximum absolute atomic E-state index is 14.2. The Kier molecular flexibility index (Phi) is 11.0. The van der Waals surface area contributed by atoms with Gasteiger partial charge in [0.2, 0.25) is 0 Å². The van der Waals surface area contributed by atoms with Crippen LogP contribution in [0.5, 0.6) is 11.5 Å². The van der Waals surface area contributed by atoms with Crippen molar-refractivity contribution in [3.63, 3.8) is 0 Å². The molecule has 2 aliphatic rings. The van der Waals surface area contributed by atoms with Gasteiger partial charge in [0.05, 0.1) is 19.1 Å². The summed E-state index contributed by atoms with van der Waals surface area (Å²) >= 11 is 13.2. The summed E-state index contributed by atoms with van der Waals surface area (Å²) in [4.78, 5) is 54.4. The second-order valence-electron chi connectivity index (χ2n) is 13.6. The van der Waals surface area contributed by atoms with Crippen molar-refractivity contribution in [3.05, 3.63) is 56.8 Å². The molecular weight excluding hydrogens is 703 g/mol. The lowest BCUT2D eigenvalue weighted by molar-refractivity contribution is -0.383. The van der Waals surface area contributed by atoms with Gasteiger partial charge in [0.1, 0.15) is 56.5 Å². The van der Waals surface area contributed by atoms with Gasteiger partial charge in [-0.15, -0.1) is 0 Å². The zero-order chi connectivity index (χ0) is 37.2. The number of ether oxygens (including phenoxy) is 3. The number of carbonyl (C=O) groups is 2. The van der Waals surface area contributed by atoms with Gasteiger partial charge in [0.15, 0.2) is 0 Å². The number of likely N-dealkylation sites (tertiary alicyclic amines) is 1. The average Bonchev–Trinajstić information content (AvgIpc) is 3.71. The van der Waals surface area contributed by atoms with Gasteiger partial charge in [-0.3, -0.25) is 15.0 Å². The SMILES string of the molecule is CCN1CCC2(CCN(c3ccc(Nc4cc(N(C)C(=O)N(C(=O)OC(C)(C)C)c5c(Cl)c(OC)cc(OC)c5Cl)ncn4)c([N+](=O)[O-])c3)C2)C1. The molecule has 1 spiro atoms. The van der Waals surface area contributed by atoms with Crippen molar-refractivity contribution in [2.24, 2.45) is 5.41 Å². The topological polar surface area (TPSA) is 156 Å². The summed E-state index contributed by atoms with van der Waals surface area (Å²) < 4.78 is 16.3. The molecule has 3 amide bonds. The number of nitro groups is 1. The van der Waals surface area contributed by atoms with E-state index in [-0.39, 0.29) is 55.7 Å². The van der Waals surface area contributed by atoms with Gasteiger partial charge in [0.25, 0.3) is 5.69 Å². The summed E-state index contributed by atoms with van der Waals surface area (Å²) in [5, 5.41) is 15.0. The minimum Gasteiger partial charge on any atom is -0.495 e. The smallest absolute Gasteiger partial charge is 0.423 e. The van der Waals surface area contributed by atoms with E-state index in [2.05, 4.69) is 32.0 Å². The van der Waals surface area contributed by atoms with Gasteiger partial charge in [-0.1, -0.05) is 30.1 Å². The number of hydrogen-bond donors (Lipinski definition) is 1. The van der Waals surface area contributed by atoms with Crippen LogP contribution in [0.3, 0.4) is 0 Å². The second-order valence-corrected chi connectivity index (χ2v) is 14.3. The second kappa shape index (κ2) is 14.9. The molecule has 1 aromatic heterocycles. The Bertz CT molecular complexity index is 1800. The van der Waals surface area contributed by atoms with Crippen LogP contribution in [0.1, 0.15) is 40.5 Å².